The molecule has 5 aromatic rings. The second-order valence-electron chi connectivity index (χ2n) is 11.6. The van der Waals surface area contributed by atoms with Crippen LogP contribution in [-0.4, -0.2) is 68.8 Å². The van der Waals surface area contributed by atoms with E-state index >= 15 is 0 Å². The largest absolute Gasteiger partial charge is 0.491 e. The molecule has 0 aliphatic carbocycles. The lowest BCUT2D eigenvalue weighted by atomic mass is 10.0. The van der Waals surface area contributed by atoms with Gasteiger partial charge in [0.25, 0.3) is 5.91 Å². The number of benzene rings is 2. The van der Waals surface area contributed by atoms with Crippen LogP contribution >= 0.6 is 0 Å². The number of imidazole rings is 2. The Morgan fingerprint density at radius 3 is 2.50 bits per heavy atom. The van der Waals surface area contributed by atoms with Crippen LogP contribution in [-0.2, 0) is 29.7 Å². The molecule has 4 heterocycles. The average Bonchev–Trinajstić information content (AvgIpc) is 3.67. The molecule has 48 heavy (non-hydrogen) atoms. The molecule has 8 N–H and O–H groups in total. The molecule has 0 atom stereocenters. The Hall–Kier alpha value is -5.26. The van der Waals surface area contributed by atoms with Crippen LogP contribution in [0.15, 0.2) is 53.4 Å². The van der Waals surface area contributed by atoms with Crippen LogP contribution in [0, 0.1) is 12.8 Å². The molecule has 1 aliphatic heterocycles. The minimum Gasteiger partial charge on any atom is -0.491 e. The number of primary sulfonamides is 1. The number of hydrogen-bond acceptors (Lipinski definition) is 10. The smallest absolute Gasteiger partial charge is 0.276 e. The first-order chi connectivity index (χ1) is 22.9. The number of aromatic nitrogens is 6. The number of nitrogen functional groups attached to an aromatic ring is 1. The quantitative estimate of drug-likeness (QED) is 0.113. The first-order valence-corrected chi connectivity index (χ1v) is 16.9. The Morgan fingerprint density at radius 1 is 1.08 bits per heavy atom. The van der Waals surface area contributed by atoms with Gasteiger partial charge < -0.3 is 30.7 Å². The molecule has 17 heteroatoms. The van der Waals surface area contributed by atoms with Crippen LogP contribution in [0.25, 0.3) is 22.1 Å². The summed E-state index contributed by atoms with van der Waals surface area (Å²) in [6, 6.07) is 9.22. The molecular weight excluding hydrogens is 638 g/mol. The fraction of sp³-hybridized carbons (Fsp3) is 0.323. The summed E-state index contributed by atoms with van der Waals surface area (Å²) >= 11 is 0. The van der Waals surface area contributed by atoms with Gasteiger partial charge in [0.05, 0.1) is 33.7 Å². The van der Waals surface area contributed by atoms with E-state index in [9.17, 15) is 18.0 Å². The van der Waals surface area contributed by atoms with Crippen molar-refractivity contribution in [1.82, 2.24) is 34.2 Å². The molecule has 1 saturated heterocycles. The fourth-order valence-corrected chi connectivity index (χ4v) is 6.17. The topological polar surface area (TPSA) is 233 Å². The van der Waals surface area contributed by atoms with Gasteiger partial charge in [0.2, 0.25) is 27.8 Å². The molecule has 16 nitrogen and oxygen atoms in total. The number of nitrogens with two attached hydrogens (primary N) is 3. The first-order valence-electron chi connectivity index (χ1n) is 15.4. The zero-order chi connectivity index (χ0) is 34.2. The first kappa shape index (κ1) is 32.7. The molecule has 3 aromatic heterocycles. The molecule has 0 spiro atoms. The van der Waals surface area contributed by atoms with Gasteiger partial charge in [0.15, 0.2) is 0 Å². The van der Waals surface area contributed by atoms with Crippen molar-refractivity contribution in [2.75, 3.05) is 30.7 Å². The number of rotatable bonds is 13. The zero-order valence-corrected chi connectivity index (χ0v) is 27.3. The Labute approximate surface area is 276 Å². The molecule has 0 saturated carbocycles. The second-order valence-corrected chi connectivity index (χ2v) is 13.2. The third-order valence-corrected chi connectivity index (χ3v) is 9.13. The molecule has 1 aliphatic rings. The van der Waals surface area contributed by atoms with Crippen molar-refractivity contribution in [3.05, 3.63) is 65.5 Å². The Balaban J connectivity index is 1.29. The second kappa shape index (κ2) is 13.1. The van der Waals surface area contributed by atoms with Crippen LogP contribution < -0.4 is 32.0 Å². The summed E-state index contributed by atoms with van der Waals surface area (Å²) in [6.45, 7) is 7.09. The molecule has 1 fully saturated rings. The molecule has 2 amide bonds. The minimum atomic E-state index is -3.98. The summed E-state index contributed by atoms with van der Waals surface area (Å²) in [7, 11) is -3.98. The van der Waals surface area contributed by atoms with Crippen molar-refractivity contribution in [2.24, 2.45) is 16.8 Å². The predicted molar refractivity (Wildman–Crippen MR) is 180 cm³/mol. The molecule has 0 unspecified atom stereocenters. The van der Waals surface area contributed by atoms with E-state index in [0.29, 0.717) is 64.8 Å². The van der Waals surface area contributed by atoms with Crippen LogP contribution in [0.5, 0.6) is 5.75 Å². The summed E-state index contributed by atoms with van der Waals surface area (Å²) in [5.41, 5.74) is 15.2. The monoisotopic (exact) mass is 675 g/mol. The lowest BCUT2D eigenvalue weighted by molar-refractivity contribution is 0.0995. The van der Waals surface area contributed by atoms with Gasteiger partial charge in [-0.2, -0.15) is 5.10 Å². The summed E-state index contributed by atoms with van der Waals surface area (Å²) in [5.74, 6) is 0.415. The van der Waals surface area contributed by atoms with Gasteiger partial charge >= 0.3 is 0 Å². The highest BCUT2D eigenvalue weighted by atomic mass is 32.2. The van der Waals surface area contributed by atoms with Crippen molar-refractivity contribution in [3.63, 3.8) is 0 Å². The van der Waals surface area contributed by atoms with Gasteiger partial charge in [-0.25, -0.2) is 23.5 Å². The van der Waals surface area contributed by atoms with Crippen molar-refractivity contribution in [3.8, 4) is 5.75 Å². The van der Waals surface area contributed by atoms with Crippen molar-refractivity contribution in [1.29, 1.82) is 0 Å². The number of hydrogen-bond donors (Lipinski definition) is 5. The number of carbonyl (C=O) groups is 2. The van der Waals surface area contributed by atoms with E-state index in [-0.39, 0.29) is 28.9 Å². The van der Waals surface area contributed by atoms with Crippen molar-refractivity contribution >= 4 is 55.8 Å². The number of carbonyl (C=O) groups excluding carboxylic acids is 2. The van der Waals surface area contributed by atoms with Crippen LogP contribution in [0.4, 0.5) is 11.9 Å². The van der Waals surface area contributed by atoms with Gasteiger partial charge in [0.1, 0.15) is 17.0 Å². The predicted octanol–water partition coefficient (Wildman–Crippen LogP) is 1.74. The fourth-order valence-electron chi connectivity index (χ4n) is 5.63. The van der Waals surface area contributed by atoms with Gasteiger partial charge in [-0.1, -0.05) is 12.2 Å². The summed E-state index contributed by atoms with van der Waals surface area (Å²) < 4.78 is 35.3. The minimum absolute atomic E-state index is 0.0999. The number of aryl methyl sites for hydroxylation is 2. The molecular formula is C31H37N11O5S. The zero-order valence-electron chi connectivity index (χ0n) is 26.5. The van der Waals surface area contributed by atoms with E-state index in [2.05, 4.69) is 25.7 Å². The van der Waals surface area contributed by atoms with Gasteiger partial charge in [-0.15, -0.1) is 0 Å². The lowest BCUT2D eigenvalue weighted by Gasteiger charge is -2.26. The third kappa shape index (κ3) is 6.60. The van der Waals surface area contributed by atoms with E-state index in [1.165, 1.54) is 12.1 Å². The lowest BCUT2D eigenvalue weighted by Crippen LogP contribution is -2.42. The Kier molecular flexibility index (Phi) is 8.91. The highest BCUT2D eigenvalue weighted by Crippen LogP contribution is 2.31. The number of amides is 2. The number of allylic oxidation sites excluding steroid dienone is 2. The maximum atomic E-state index is 13.3. The normalized spacial score (nSPS) is 13.8. The standard InChI is InChI=1S/C31H37N11O5S/c1-3-42-25(12-18(2)39-42)29(44)38-31-37-22-15-21(48(34,45)46)6-7-24(22)40(31)9-4-5-10-41-27-23(36-30(41)33)13-20(28(32)43)14-26(27)47-11-8-19-16-35-17-19/h4-7,12-15,19,35H,3,8-11,16-17H2,1-2H3,(H2,32,43)(H2,33,36)(H2,34,45,46)(H,37,38,44)/b5-4+. The highest BCUT2D eigenvalue weighted by molar-refractivity contribution is 7.89. The van der Waals surface area contributed by atoms with E-state index in [1.54, 1.807) is 45.0 Å². The number of nitrogens with one attached hydrogen (secondary N) is 2. The number of anilines is 2. The maximum absolute atomic E-state index is 13.3. The molecule has 0 radical (unpaired) electrons. The Morgan fingerprint density at radius 2 is 1.83 bits per heavy atom. The van der Waals surface area contributed by atoms with Crippen molar-refractivity contribution < 1.29 is 22.7 Å². The van der Waals surface area contributed by atoms with Gasteiger partial charge in [0, 0.05) is 25.2 Å². The van der Waals surface area contributed by atoms with Crippen LogP contribution in [0.2, 0.25) is 0 Å². The average molecular weight is 676 g/mol. The maximum Gasteiger partial charge on any atom is 0.276 e. The summed E-state index contributed by atoms with van der Waals surface area (Å²) in [4.78, 5) is 34.2. The molecule has 2 aromatic carbocycles. The van der Waals surface area contributed by atoms with E-state index in [0.717, 1.165) is 19.5 Å². The van der Waals surface area contributed by atoms with Crippen molar-refractivity contribution in [2.45, 2.75) is 44.8 Å². The van der Waals surface area contributed by atoms with E-state index < -0.39 is 21.8 Å². The number of ether oxygens (including phenoxy) is 1. The SMILES string of the molecule is CCn1nc(C)cc1C(=O)Nc1nc2cc(S(N)(=O)=O)ccc2n1C/C=C/Cn1c(N)nc2cc(C(N)=O)cc(OCCC3CNC3)c21. The number of primary amides is 1. The number of sulfonamides is 1. The molecule has 6 rings (SSSR count). The number of nitrogens with zero attached hydrogens (tertiary/aromatic N) is 6. The third-order valence-electron chi connectivity index (χ3n) is 8.22. The highest BCUT2D eigenvalue weighted by Gasteiger charge is 2.21. The van der Waals surface area contributed by atoms with Gasteiger partial charge in [-0.3, -0.25) is 19.6 Å². The van der Waals surface area contributed by atoms with Crippen LogP contribution in [0.3, 0.4) is 0 Å². The van der Waals surface area contributed by atoms with E-state index in [1.807, 2.05) is 19.1 Å². The van der Waals surface area contributed by atoms with Gasteiger partial charge in [-0.05, 0) is 75.7 Å². The summed E-state index contributed by atoms with van der Waals surface area (Å²) in [5, 5.41) is 15.8. The number of fused-ring (bicyclic) bond motifs is 2. The van der Waals surface area contributed by atoms with E-state index in [4.69, 9.17) is 21.3 Å². The summed E-state index contributed by atoms with van der Waals surface area (Å²) in [6.07, 6.45) is 4.59. The Bertz CT molecular complexity index is 2180. The van der Waals surface area contributed by atoms with Crippen LogP contribution in [0.1, 0.15) is 39.9 Å². The molecule has 0 bridgehead atoms. The molecule has 252 valence electrons.